The van der Waals surface area contributed by atoms with E-state index in [1.54, 1.807) is 22.0 Å². The van der Waals surface area contributed by atoms with Crippen LogP contribution in [0.15, 0.2) is 18.5 Å². The number of hydrogen-bond acceptors (Lipinski definition) is 4. The zero-order valence-electron chi connectivity index (χ0n) is 12.1. The van der Waals surface area contributed by atoms with Crippen LogP contribution in [0.3, 0.4) is 0 Å². The van der Waals surface area contributed by atoms with Crippen LogP contribution in [-0.4, -0.2) is 38.8 Å². The van der Waals surface area contributed by atoms with Gasteiger partial charge < -0.3 is 4.90 Å². The molecule has 0 amide bonds. The van der Waals surface area contributed by atoms with Crippen molar-refractivity contribution in [1.82, 2.24) is 19.7 Å². The standard InChI is InChI=1S/C14H17F2N5/c1-10-8-17-13(21-7-3-5-14(15,16)9-21)19-12(10)11-4-6-18-20(11)2/h4,6,8H,3,5,7,9H2,1-2H3. The van der Waals surface area contributed by atoms with Crippen LogP contribution in [0.4, 0.5) is 14.7 Å². The lowest BCUT2D eigenvalue weighted by atomic mass is 10.1. The first kappa shape index (κ1) is 13.9. The molecule has 2 aromatic rings. The Bertz CT molecular complexity index is 653. The van der Waals surface area contributed by atoms with Gasteiger partial charge in [-0.05, 0) is 25.0 Å². The normalized spacial score (nSPS) is 18.0. The molecule has 0 bridgehead atoms. The van der Waals surface area contributed by atoms with Gasteiger partial charge in [0.25, 0.3) is 5.92 Å². The van der Waals surface area contributed by atoms with Crippen LogP contribution < -0.4 is 4.90 Å². The average Bonchev–Trinajstić information content (AvgIpc) is 2.84. The SMILES string of the molecule is Cc1cnc(N2CCCC(F)(F)C2)nc1-c1ccnn1C. The quantitative estimate of drug-likeness (QED) is 0.853. The predicted molar refractivity (Wildman–Crippen MR) is 75.4 cm³/mol. The molecule has 0 unspecified atom stereocenters. The lowest BCUT2D eigenvalue weighted by Crippen LogP contribution is -2.43. The third-order valence-corrected chi connectivity index (χ3v) is 3.70. The molecule has 5 nitrogen and oxygen atoms in total. The first-order chi connectivity index (χ1) is 9.96. The summed E-state index contributed by atoms with van der Waals surface area (Å²) < 4.78 is 28.8. The summed E-state index contributed by atoms with van der Waals surface area (Å²) in [5.74, 6) is -2.31. The van der Waals surface area contributed by atoms with E-state index in [4.69, 9.17) is 0 Å². The van der Waals surface area contributed by atoms with Gasteiger partial charge in [0.1, 0.15) is 0 Å². The molecule has 1 fully saturated rings. The molecule has 0 aromatic carbocycles. The largest absolute Gasteiger partial charge is 0.335 e. The molecule has 3 rings (SSSR count). The fourth-order valence-corrected chi connectivity index (χ4v) is 2.59. The van der Waals surface area contributed by atoms with Gasteiger partial charge in [0.15, 0.2) is 0 Å². The number of hydrogen-bond donors (Lipinski definition) is 0. The molecule has 0 spiro atoms. The van der Waals surface area contributed by atoms with Gasteiger partial charge in [-0.2, -0.15) is 5.10 Å². The van der Waals surface area contributed by atoms with Crippen LogP contribution in [0, 0.1) is 6.92 Å². The Balaban J connectivity index is 1.96. The van der Waals surface area contributed by atoms with Crippen molar-refractivity contribution in [3.05, 3.63) is 24.0 Å². The average molecular weight is 293 g/mol. The number of halogens is 2. The van der Waals surface area contributed by atoms with Gasteiger partial charge in [0, 0.05) is 32.4 Å². The second-order valence-electron chi connectivity index (χ2n) is 5.42. The van der Waals surface area contributed by atoms with Gasteiger partial charge >= 0.3 is 0 Å². The Hall–Kier alpha value is -2.05. The zero-order chi connectivity index (χ0) is 15.0. The molecular formula is C14H17F2N5. The Morgan fingerprint density at radius 3 is 2.81 bits per heavy atom. The molecular weight excluding hydrogens is 276 g/mol. The predicted octanol–water partition coefficient (Wildman–Crippen LogP) is 2.42. The summed E-state index contributed by atoms with van der Waals surface area (Å²) in [6.45, 7) is 2.14. The van der Waals surface area contributed by atoms with Crippen LogP contribution >= 0.6 is 0 Å². The number of piperidine rings is 1. The summed E-state index contributed by atoms with van der Waals surface area (Å²) in [4.78, 5) is 10.3. The molecule has 0 aliphatic carbocycles. The maximum Gasteiger partial charge on any atom is 0.265 e. The van der Waals surface area contributed by atoms with E-state index in [0.717, 1.165) is 17.0 Å². The minimum absolute atomic E-state index is 0.0655. The van der Waals surface area contributed by atoms with Gasteiger partial charge in [0.05, 0.1) is 17.9 Å². The van der Waals surface area contributed by atoms with Crippen molar-refractivity contribution in [1.29, 1.82) is 0 Å². The van der Waals surface area contributed by atoms with Crippen LogP contribution in [-0.2, 0) is 7.05 Å². The Labute approximate surface area is 121 Å². The van der Waals surface area contributed by atoms with Crippen molar-refractivity contribution >= 4 is 5.95 Å². The van der Waals surface area contributed by atoms with Crippen molar-refractivity contribution in [3.63, 3.8) is 0 Å². The van der Waals surface area contributed by atoms with Gasteiger partial charge in [-0.15, -0.1) is 0 Å². The van der Waals surface area contributed by atoms with Gasteiger partial charge in [-0.3, -0.25) is 4.68 Å². The van der Waals surface area contributed by atoms with Crippen molar-refractivity contribution in [2.75, 3.05) is 18.0 Å². The zero-order valence-corrected chi connectivity index (χ0v) is 12.1. The molecule has 0 N–H and O–H groups in total. The van der Waals surface area contributed by atoms with E-state index in [-0.39, 0.29) is 13.0 Å². The highest BCUT2D eigenvalue weighted by molar-refractivity contribution is 5.60. The highest BCUT2D eigenvalue weighted by Gasteiger charge is 2.36. The number of rotatable bonds is 2. The maximum absolute atomic E-state index is 13.5. The van der Waals surface area contributed by atoms with E-state index in [9.17, 15) is 8.78 Å². The number of aryl methyl sites for hydroxylation is 2. The van der Waals surface area contributed by atoms with Gasteiger partial charge in [-0.1, -0.05) is 0 Å². The van der Waals surface area contributed by atoms with E-state index in [1.807, 2.05) is 20.0 Å². The highest BCUT2D eigenvalue weighted by atomic mass is 19.3. The smallest absolute Gasteiger partial charge is 0.265 e. The monoisotopic (exact) mass is 293 g/mol. The molecule has 0 atom stereocenters. The van der Waals surface area contributed by atoms with Crippen LogP contribution in [0.25, 0.3) is 11.4 Å². The lowest BCUT2D eigenvalue weighted by Gasteiger charge is -2.32. The van der Waals surface area contributed by atoms with E-state index in [0.29, 0.717) is 18.9 Å². The van der Waals surface area contributed by atoms with E-state index in [2.05, 4.69) is 15.1 Å². The summed E-state index contributed by atoms with van der Waals surface area (Å²) in [5, 5.41) is 4.12. The third-order valence-electron chi connectivity index (χ3n) is 3.70. The molecule has 2 aromatic heterocycles. The van der Waals surface area contributed by atoms with Crippen molar-refractivity contribution in [2.45, 2.75) is 25.7 Å². The van der Waals surface area contributed by atoms with E-state index < -0.39 is 5.92 Å². The summed E-state index contributed by atoms with van der Waals surface area (Å²) in [6, 6.07) is 1.85. The molecule has 7 heteroatoms. The lowest BCUT2D eigenvalue weighted by molar-refractivity contribution is -0.0120. The van der Waals surface area contributed by atoms with Crippen LogP contribution in [0.2, 0.25) is 0 Å². The Kier molecular flexibility index (Phi) is 3.35. The number of aromatic nitrogens is 4. The minimum Gasteiger partial charge on any atom is -0.335 e. The first-order valence-corrected chi connectivity index (χ1v) is 6.91. The molecule has 1 aliphatic heterocycles. The summed E-state index contributed by atoms with van der Waals surface area (Å²) in [7, 11) is 1.83. The second-order valence-corrected chi connectivity index (χ2v) is 5.42. The number of nitrogens with zero attached hydrogens (tertiary/aromatic N) is 5. The highest BCUT2D eigenvalue weighted by Crippen LogP contribution is 2.29. The van der Waals surface area contributed by atoms with Crippen molar-refractivity contribution in [3.8, 4) is 11.4 Å². The maximum atomic E-state index is 13.5. The van der Waals surface area contributed by atoms with Crippen molar-refractivity contribution < 1.29 is 8.78 Å². The Morgan fingerprint density at radius 2 is 2.14 bits per heavy atom. The fraction of sp³-hybridized carbons (Fsp3) is 0.500. The fourth-order valence-electron chi connectivity index (χ4n) is 2.59. The van der Waals surface area contributed by atoms with Gasteiger partial charge in [-0.25, -0.2) is 18.7 Å². The minimum atomic E-state index is -2.67. The molecule has 21 heavy (non-hydrogen) atoms. The molecule has 0 saturated carbocycles. The molecule has 3 heterocycles. The second kappa shape index (κ2) is 5.05. The topological polar surface area (TPSA) is 46.8 Å². The van der Waals surface area contributed by atoms with E-state index in [1.165, 1.54) is 0 Å². The number of anilines is 1. The van der Waals surface area contributed by atoms with Crippen molar-refractivity contribution in [2.24, 2.45) is 7.05 Å². The Morgan fingerprint density at radius 1 is 1.33 bits per heavy atom. The molecule has 1 aliphatic rings. The third kappa shape index (κ3) is 2.72. The number of alkyl halides is 2. The van der Waals surface area contributed by atoms with E-state index >= 15 is 0 Å². The first-order valence-electron chi connectivity index (χ1n) is 6.91. The summed E-state index contributed by atoms with van der Waals surface area (Å²) in [6.07, 6.45) is 3.75. The summed E-state index contributed by atoms with van der Waals surface area (Å²) >= 11 is 0. The van der Waals surface area contributed by atoms with Crippen LogP contribution in [0.5, 0.6) is 0 Å². The molecule has 112 valence electrons. The summed E-state index contributed by atoms with van der Waals surface area (Å²) in [5.41, 5.74) is 2.47. The van der Waals surface area contributed by atoms with Crippen LogP contribution in [0.1, 0.15) is 18.4 Å². The molecule has 1 saturated heterocycles. The molecule has 0 radical (unpaired) electrons. The van der Waals surface area contributed by atoms with Gasteiger partial charge in [0.2, 0.25) is 5.95 Å².